The summed E-state index contributed by atoms with van der Waals surface area (Å²) in [5, 5.41) is 6.79. The van der Waals surface area contributed by atoms with Crippen molar-refractivity contribution in [1.82, 2.24) is 20.0 Å². The predicted octanol–water partition coefficient (Wildman–Crippen LogP) is 2.87. The minimum absolute atomic E-state index is 0.0722. The van der Waals surface area contributed by atoms with Gasteiger partial charge in [-0.05, 0) is 24.1 Å². The van der Waals surface area contributed by atoms with Gasteiger partial charge < -0.3 is 10.2 Å². The van der Waals surface area contributed by atoms with Gasteiger partial charge in [-0.2, -0.15) is 5.10 Å². The van der Waals surface area contributed by atoms with E-state index in [0.717, 1.165) is 30.4 Å². The first kappa shape index (κ1) is 18.9. The highest BCUT2D eigenvalue weighted by molar-refractivity contribution is 5.95. The summed E-state index contributed by atoms with van der Waals surface area (Å²) >= 11 is 0. The van der Waals surface area contributed by atoms with E-state index in [1.165, 1.54) is 0 Å². The number of hydrogen-bond donors (Lipinski definition) is 1. The molecule has 6 nitrogen and oxygen atoms in total. The molecule has 0 radical (unpaired) electrons. The van der Waals surface area contributed by atoms with E-state index < -0.39 is 0 Å². The lowest BCUT2D eigenvalue weighted by atomic mass is 10.1. The molecule has 0 saturated carbocycles. The van der Waals surface area contributed by atoms with Gasteiger partial charge in [0.1, 0.15) is 6.54 Å². The summed E-state index contributed by atoms with van der Waals surface area (Å²) in [4.78, 5) is 26.2. The lowest BCUT2D eigenvalue weighted by molar-refractivity contribution is -0.121. The zero-order valence-electron chi connectivity index (χ0n) is 15.9. The third-order valence-corrected chi connectivity index (χ3v) is 4.86. The third kappa shape index (κ3) is 4.45. The van der Waals surface area contributed by atoms with Crippen molar-refractivity contribution in [3.8, 4) is 11.1 Å². The summed E-state index contributed by atoms with van der Waals surface area (Å²) in [5.74, 6) is -0.0228. The van der Waals surface area contributed by atoms with Crippen molar-refractivity contribution in [2.24, 2.45) is 0 Å². The minimum Gasteiger partial charge on any atom is -0.358 e. The fourth-order valence-electron chi connectivity index (χ4n) is 3.27. The number of amides is 2. The van der Waals surface area contributed by atoms with Crippen LogP contribution in [-0.2, 0) is 11.3 Å². The number of rotatable bonds is 7. The maximum Gasteiger partial charge on any atom is 0.254 e. The fraction of sp³-hybridized carbons (Fsp3) is 0.381. The average Bonchev–Trinajstić information content (AvgIpc) is 3.35. The van der Waals surface area contributed by atoms with E-state index in [9.17, 15) is 9.59 Å². The Morgan fingerprint density at radius 2 is 2.00 bits per heavy atom. The van der Waals surface area contributed by atoms with E-state index in [1.807, 2.05) is 35.4 Å². The van der Waals surface area contributed by atoms with Gasteiger partial charge in [0.15, 0.2) is 0 Å². The number of unbranched alkanes of at least 4 members (excludes halogenated alkanes) is 1. The summed E-state index contributed by atoms with van der Waals surface area (Å²) in [6, 6.07) is 7.80. The van der Waals surface area contributed by atoms with Crippen molar-refractivity contribution in [2.75, 3.05) is 13.6 Å². The predicted molar refractivity (Wildman–Crippen MR) is 105 cm³/mol. The van der Waals surface area contributed by atoms with Gasteiger partial charge in [-0.25, -0.2) is 0 Å². The molecule has 1 aliphatic rings. The first-order chi connectivity index (χ1) is 13.1. The van der Waals surface area contributed by atoms with E-state index in [1.54, 1.807) is 17.9 Å². The van der Waals surface area contributed by atoms with Crippen LogP contribution in [0.2, 0.25) is 0 Å². The van der Waals surface area contributed by atoms with Crippen molar-refractivity contribution in [1.29, 1.82) is 0 Å². The van der Waals surface area contributed by atoms with Gasteiger partial charge in [0.2, 0.25) is 5.91 Å². The normalized spacial score (nSPS) is 15.9. The number of nitrogens with zero attached hydrogens (tertiary/aromatic N) is 3. The number of carbonyl (C=O) groups excluding carboxylic acids is 2. The van der Waals surface area contributed by atoms with Crippen molar-refractivity contribution >= 4 is 11.8 Å². The fourth-order valence-corrected chi connectivity index (χ4v) is 3.27. The van der Waals surface area contributed by atoms with Gasteiger partial charge in [-0.1, -0.05) is 44.1 Å². The van der Waals surface area contributed by atoms with E-state index in [-0.39, 0.29) is 24.4 Å². The first-order valence-corrected chi connectivity index (χ1v) is 9.43. The molecule has 2 amide bonds. The highest BCUT2D eigenvalue weighted by atomic mass is 16.2. The van der Waals surface area contributed by atoms with Crippen molar-refractivity contribution in [3.63, 3.8) is 0 Å². The smallest absolute Gasteiger partial charge is 0.254 e. The molecule has 27 heavy (non-hydrogen) atoms. The Kier molecular flexibility index (Phi) is 6.06. The Morgan fingerprint density at radius 1 is 1.22 bits per heavy atom. The molecule has 3 rings (SSSR count). The molecule has 0 spiro atoms. The van der Waals surface area contributed by atoms with Gasteiger partial charge in [0.05, 0.1) is 12.2 Å². The maximum absolute atomic E-state index is 12.9. The second-order valence-electron chi connectivity index (χ2n) is 6.77. The van der Waals surface area contributed by atoms with Crippen molar-refractivity contribution in [2.45, 2.75) is 38.8 Å². The minimum atomic E-state index is -0.0950. The molecule has 142 valence electrons. The molecule has 0 bridgehead atoms. The molecule has 2 aromatic rings. The van der Waals surface area contributed by atoms with E-state index in [0.29, 0.717) is 12.1 Å². The molecule has 1 N–H and O–H groups in total. The molecule has 6 heteroatoms. The second kappa shape index (κ2) is 8.66. The van der Waals surface area contributed by atoms with Gasteiger partial charge in [-0.15, -0.1) is 0 Å². The number of likely N-dealkylation sites (N-methyl/N-ethyl adjacent to an activating group) is 1. The van der Waals surface area contributed by atoms with Crippen LogP contribution in [-0.4, -0.2) is 46.1 Å². The van der Waals surface area contributed by atoms with Crippen LogP contribution in [0.4, 0.5) is 0 Å². The molecular weight excluding hydrogens is 340 g/mol. The number of hydrogen-bond acceptors (Lipinski definition) is 3. The summed E-state index contributed by atoms with van der Waals surface area (Å²) in [6.07, 6.45) is 11.0. The lowest BCUT2D eigenvalue weighted by Gasteiger charge is -2.24. The quantitative estimate of drug-likeness (QED) is 0.766. The van der Waals surface area contributed by atoms with Crippen molar-refractivity contribution in [3.05, 3.63) is 54.4 Å². The number of aromatic nitrogens is 2. The van der Waals surface area contributed by atoms with Crippen molar-refractivity contribution < 1.29 is 9.59 Å². The molecule has 2 heterocycles. The molecule has 1 aromatic carbocycles. The Morgan fingerprint density at radius 3 is 2.70 bits per heavy atom. The SMILES string of the molecule is CCCC[C@H]1C=CCN1C(=O)c1ccc(-c2cnn(CC(=O)NC)c2)cc1. The molecular formula is C21H26N4O2. The average molecular weight is 366 g/mol. The van der Waals surface area contributed by atoms with Crippen LogP contribution in [0.25, 0.3) is 11.1 Å². The second-order valence-corrected chi connectivity index (χ2v) is 6.77. The van der Waals surface area contributed by atoms with E-state index >= 15 is 0 Å². The van der Waals surface area contributed by atoms with Crippen LogP contribution in [0.5, 0.6) is 0 Å². The standard InChI is InChI=1S/C21H26N4O2/c1-3-4-6-19-7-5-12-25(19)21(27)17-10-8-16(9-11-17)18-13-23-24(14-18)15-20(26)22-2/h5,7-11,13-14,19H,3-4,6,12,15H2,1-2H3,(H,22,26)/t19-/m0/s1. The summed E-state index contributed by atoms with van der Waals surface area (Å²) in [6.45, 7) is 3.04. The monoisotopic (exact) mass is 366 g/mol. The Balaban J connectivity index is 1.68. The molecule has 0 unspecified atom stereocenters. The van der Waals surface area contributed by atoms with E-state index in [4.69, 9.17) is 0 Å². The first-order valence-electron chi connectivity index (χ1n) is 9.43. The Bertz CT molecular complexity index is 823. The molecule has 1 atom stereocenters. The van der Waals surface area contributed by atoms with Crippen LogP contribution in [0.15, 0.2) is 48.8 Å². The Hall–Kier alpha value is -2.89. The molecule has 0 fully saturated rings. The topological polar surface area (TPSA) is 67.2 Å². The molecule has 0 saturated heterocycles. The lowest BCUT2D eigenvalue weighted by Crippen LogP contribution is -2.36. The van der Waals surface area contributed by atoms with Crippen LogP contribution in [0.3, 0.4) is 0 Å². The van der Waals surface area contributed by atoms with Gasteiger partial charge in [-0.3, -0.25) is 14.3 Å². The van der Waals surface area contributed by atoms with Crippen LogP contribution in [0.1, 0.15) is 36.5 Å². The molecule has 1 aromatic heterocycles. The van der Waals surface area contributed by atoms with Gasteiger partial charge >= 0.3 is 0 Å². The number of nitrogens with one attached hydrogen (secondary N) is 1. The largest absolute Gasteiger partial charge is 0.358 e. The maximum atomic E-state index is 12.9. The highest BCUT2D eigenvalue weighted by Gasteiger charge is 2.25. The zero-order valence-corrected chi connectivity index (χ0v) is 15.9. The summed E-state index contributed by atoms with van der Waals surface area (Å²) < 4.78 is 1.60. The highest BCUT2D eigenvalue weighted by Crippen LogP contribution is 2.22. The van der Waals surface area contributed by atoms with Crippen LogP contribution < -0.4 is 5.32 Å². The van der Waals surface area contributed by atoms with Gasteiger partial charge in [0, 0.05) is 30.9 Å². The molecule has 0 aliphatic carbocycles. The molecule has 1 aliphatic heterocycles. The van der Waals surface area contributed by atoms with E-state index in [2.05, 4.69) is 29.5 Å². The Labute approximate surface area is 159 Å². The summed E-state index contributed by atoms with van der Waals surface area (Å²) in [5.41, 5.74) is 2.58. The van der Waals surface area contributed by atoms with Crippen LogP contribution in [0, 0.1) is 0 Å². The third-order valence-electron chi connectivity index (χ3n) is 4.86. The zero-order chi connectivity index (χ0) is 19.2. The van der Waals surface area contributed by atoms with Crippen LogP contribution >= 0.6 is 0 Å². The summed E-state index contributed by atoms with van der Waals surface area (Å²) in [7, 11) is 1.60. The number of carbonyl (C=O) groups is 2. The van der Waals surface area contributed by atoms with Gasteiger partial charge in [0.25, 0.3) is 5.91 Å². The number of benzene rings is 1.